The first-order valence-electron chi connectivity index (χ1n) is 11.2. The van der Waals surface area contributed by atoms with Crippen molar-refractivity contribution in [3.8, 4) is 5.75 Å². The normalized spacial score (nSPS) is 20.7. The molecule has 0 aliphatic carbocycles. The first kappa shape index (κ1) is 26.2. The van der Waals surface area contributed by atoms with Crippen molar-refractivity contribution in [3.05, 3.63) is 29.8 Å². The molecule has 2 saturated heterocycles. The Bertz CT molecular complexity index is 645. The molecular formula is C23H38IN3O4. The largest absolute Gasteiger partial charge is 0.497 e. The van der Waals surface area contributed by atoms with Crippen molar-refractivity contribution < 1.29 is 18.9 Å². The number of nitrogens with zero attached hydrogens (tertiary/aromatic N) is 1. The van der Waals surface area contributed by atoms with Crippen LogP contribution in [-0.2, 0) is 19.6 Å². The average molecular weight is 547 g/mol. The molecule has 176 valence electrons. The predicted octanol–water partition coefficient (Wildman–Crippen LogP) is 3.11. The molecule has 1 aromatic carbocycles. The number of hydrogen-bond donors (Lipinski definition) is 2. The Labute approximate surface area is 203 Å². The van der Waals surface area contributed by atoms with Crippen molar-refractivity contribution in [1.29, 1.82) is 0 Å². The predicted molar refractivity (Wildman–Crippen MR) is 134 cm³/mol. The Hall–Kier alpha value is -1.10. The van der Waals surface area contributed by atoms with E-state index in [4.69, 9.17) is 23.9 Å². The van der Waals surface area contributed by atoms with Crippen molar-refractivity contribution in [2.45, 2.75) is 44.1 Å². The number of methoxy groups -OCH3 is 1. The van der Waals surface area contributed by atoms with E-state index in [9.17, 15) is 0 Å². The summed E-state index contributed by atoms with van der Waals surface area (Å²) >= 11 is 0. The minimum Gasteiger partial charge on any atom is -0.497 e. The highest BCUT2D eigenvalue weighted by atomic mass is 127. The Morgan fingerprint density at radius 2 is 1.90 bits per heavy atom. The molecule has 2 N–H and O–H groups in total. The molecule has 8 heteroatoms. The zero-order valence-corrected chi connectivity index (χ0v) is 21.2. The molecular weight excluding hydrogens is 509 g/mol. The van der Waals surface area contributed by atoms with Crippen LogP contribution in [0.25, 0.3) is 0 Å². The van der Waals surface area contributed by atoms with Gasteiger partial charge in [-0.3, -0.25) is 4.99 Å². The molecule has 1 aromatic rings. The summed E-state index contributed by atoms with van der Waals surface area (Å²) in [5.74, 6) is 1.74. The third kappa shape index (κ3) is 8.07. The monoisotopic (exact) mass is 547 g/mol. The molecule has 2 heterocycles. The molecule has 0 radical (unpaired) electrons. The van der Waals surface area contributed by atoms with Gasteiger partial charge in [0.15, 0.2) is 5.96 Å². The standard InChI is InChI=1S/C23H37N3O4.HI/c1-3-24-22(25-12-4-13-30-21-9-14-29-17-21)26-18-23(10-15-28-16-11-23)19-5-7-20(27-2)8-6-19;/h5-8,21H,3-4,9-18H2,1-2H3,(H2,24,25,26);1H. The van der Waals surface area contributed by atoms with Crippen molar-refractivity contribution >= 4 is 29.9 Å². The number of benzene rings is 1. The smallest absolute Gasteiger partial charge is 0.191 e. The second-order valence-electron chi connectivity index (χ2n) is 7.95. The zero-order chi connectivity index (χ0) is 21.1. The van der Waals surface area contributed by atoms with Crippen molar-refractivity contribution in [2.24, 2.45) is 4.99 Å². The van der Waals surface area contributed by atoms with Crippen LogP contribution >= 0.6 is 24.0 Å². The number of guanidine groups is 1. The van der Waals surface area contributed by atoms with Crippen LogP contribution in [0.15, 0.2) is 29.3 Å². The van der Waals surface area contributed by atoms with E-state index in [2.05, 4.69) is 29.7 Å². The molecule has 2 aliphatic rings. The average Bonchev–Trinajstić information content (AvgIpc) is 3.31. The summed E-state index contributed by atoms with van der Waals surface area (Å²) in [5.41, 5.74) is 1.30. The molecule has 0 saturated carbocycles. The second-order valence-corrected chi connectivity index (χ2v) is 7.95. The minimum absolute atomic E-state index is 0. The number of rotatable bonds is 10. The number of hydrogen-bond acceptors (Lipinski definition) is 5. The van der Waals surface area contributed by atoms with E-state index in [1.54, 1.807) is 7.11 Å². The van der Waals surface area contributed by atoms with Crippen LogP contribution in [0.1, 0.15) is 38.2 Å². The van der Waals surface area contributed by atoms with E-state index in [1.807, 2.05) is 12.1 Å². The van der Waals surface area contributed by atoms with Crippen LogP contribution in [-0.4, -0.2) is 71.8 Å². The van der Waals surface area contributed by atoms with E-state index in [-0.39, 0.29) is 35.5 Å². The maximum Gasteiger partial charge on any atom is 0.191 e. The fourth-order valence-corrected chi connectivity index (χ4v) is 3.99. The van der Waals surface area contributed by atoms with Gasteiger partial charge in [-0.25, -0.2) is 0 Å². The molecule has 31 heavy (non-hydrogen) atoms. The summed E-state index contributed by atoms with van der Waals surface area (Å²) in [7, 11) is 1.70. The van der Waals surface area contributed by atoms with E-state index in [0.717, 1.165) is 90.1 Å². The molecule has 0 bridgehead atoms. The summed E-state index contributed by atoms with van der Waals surface area (Å²) in [6, 6.07) is 8.42. The van der Waals surface area contributed by atoms with Gasteiger partial charge in [0.05, 0.1) is 26.4 Å². The summed E-state index contributed by atoms with van der Waals surface area (Å²) in [6.45, 7) is 8.32. The van der Waals surface area contributed by atoms with Crippen molar-refractivity contribution in [2.75, 3.05) is 59.8 Å². The Kier molecular flexibility index (Phi) is 11.9. The maximum atomic E-state index is 5.84. The van der Waals surface area contributed by atoms with E-state index in [0.29, 0.717) is 0 Å². The summed E-state index contributed by atoms with van der Waals surface area (Å²) in [6.07, 6.45) is 4.16. The van der Waals surface area contributed by atoms with Crippen LogP contribution < -0.4 is 15.4 Å². The van der Waals surface area contributed by atoms with Crippen LogP contribution in [0, 0.1) is 0 Å². The highest BCUT2D eigenvalue weighted by Crippen LogP contribution is 2.36. The summed E-state index contributed by atoms with van der Waals surface area (Å²) in [4.78, 5) is 4.95. The fraction of sp³-hybridized carbons (Fsp3) is 0.696. The molecule has 0 spiro atoms. The van der Waals surface area contributed by atoms with E-state index in [1.165, 1.54) is 5.56 Å². The van der Waals surface area contributed by atoms with Gasteiger partial charge in [-0.15, -0.1) is 24.0 Å². The summed E-state index contributed by atoms with van der Waals surface area (Å²) < 4.78 is 22.2. The lowest BCUT2D eigenvalue weighted by Crippen LogP contribution is -2.41. The lowest BCUT2D eigenvalue weighted by Gasteiger charge is -2.36. The van der Waals surface area contributed by atoms with Crippen LogP contribution in [0.5, 0.6) is 5.75 Å². The zero-order valence-electron chi connectivity index (χ0n) is 18.9. The highest BCUT2D eigenvalue weighted by Gasteiger charge is 2.34. The van der Waals surface area contributed by atoms with Crippen LogP contribution in [0.2, 0.25) is 0 Å². The molecule has 2 fully saturated rings. The van der Waals surface area contributed by atoms with E-state index < -0.39 is 0 Å². The molecule has 1 atom stereocenters. The molecule has 7 nitrogen and oxygen atoms in total. The molecule has 3 rings (SSSR count). The SMILES string of the molecule is CCNC(=NCC1(c2ccc(OC)cc2)CCOCC1)NCCCOC1CCOC1.I. The molecule has 2 aliphatic heterocycles. The third-order valence-corrected chi connectivity index (χ3v) is 5.89. The lowest BCUT2D eigenvalue weighted by atomic mass is 9.74. The number of nitrogens with one attached hydrogen (secondary N) is 2. The minimum atomic E-state index is -0.00153. The molecule has 1 unspecified atom stereocenters. The number of ether oxygens (including phenoxy) is 4. The molecule has 0 aromatic heterocycles. The van der Waals surface area contributed by atoms with Crippen LogP contribution in [0.4, 0.5) is 0 Å². The van der Waals surface area contributed by atoms with Gasteiger partial charge in [-0.05, 0) is 50.3 Å². The Morgan fingerprint density at radius 1 is 1.13 bits per heavy atom. The first-order chi connectivity index (χ1) is 14.8. The van der Waals surface area contributed by atoms with Gasteiger partial charge < -0.3 is 29.6 Å². The van der Waals surface area contributed by atoms with E-state index >= 15 is 0 Å². The number of halogens is 1. The topological polar surface area (TPSA) is 73.3 Å². The molecule has 0 amide bonds. The van der Waals surface area contributed by atoms with Gasteiger partial charge in [0.2, 0.25) is 0 Å². The van der Waals surface area contributed by atoms with Crippen molar-refractivity contribution in [3.63, 3.8) is 0 Å². The summed E-state index contributed by atoms with van der Waals surface area (Å²) in [5, 5.41) is 6.82. The van der Waals surface area contributed by atoms with Gasteiger partial charge in [0.1, 0.15) is 5.75 Å². The Balaban J connectivity index is 0.00000341. The lowest BCUT2D eigenvalue weighted by molar-refractivity contribution is 0.0419. The quantitative estimate of drug-likeness (QED) is 0.203. The number of aliphatic imine (C=N–C) groups is 1. The third-order valence-electron chi connectivity index (χ3n) is 5.89. The van der Waals surface area contributed by atoms with Gasteiger partial charge in [-0.1, -0.05) is 12.1 Å². The fourth-order valence-electron chi connectivity index (χ4n) is 3.99. The maximum absolute atomic E-state index is 5.84. The first-order valence-corrected chi connectivity index (χ1v) is 11.2. The van der Waals surface area contributed by atoms with Gasteiger partial charge >= 0.3 is 0 Å². The van der Waals surface area contributed by atoms with Gasteiger partial charge in [0, 0.05) is 44.9 Å². The van der Waals surface area contributed by atoms with Gasteiger partial charge in [0.25, 0.3) is 0 Å². The highest BCUT2D eigenvalue weighted by molar-refractivity contribution is 14.0. The second kappa shape index (κ2) is 14.1. The van der Waals surface area contributed by atoms with Crippen molar-refractivity contribution in [1.82, 2.24) is 10.6 Å². The Morgan fingerprint density at radius 3 is 2.55 bits per heavy atom. The van der Waals surface area contributed by atoms with Crippen LogP contribution in [0.3, 0.4) is 0 Å². The van der Waals surface area contributed by atoms with Gasteiger partial charge in [-0.2, -0.15) is 0 Å².